The van der Waals surface area contributed by atoms with Gasteiger partial charge in [0, 0.05) is 6.04 Å². The molecule has 0 radical (unpaired) electrons. The molecule has 2 aliphatic rings. The molecule has 1 saturated carbocycles. The summed E-state index contributed by atoms with van der Waals surface area (Å²) in [5.74, 6) is 0. The minimum absolute atomic E-state index is 0.0995. The predicted molar refractivity (Wildman–Crippen MR) is 59.9 cm³/mol. The Hall–Kier alpha value is -0.120. The smallest absolute Gasteiger partial charge is 0.0834 e. The first-order valence-corrected chi connectivity index (χ1v) is 6.39. The van der Waals surface area contributed by atoms with E-state index in [1.54, 1.807) is 0 Å². The van der Waals surface area contributed by atoms with Gasteiger partial charge in [0.1, 0.15) is 0 Å². The summed E-state index contributed by atoms with van der Waals surface area (Å²) in [5, 5.41) is 13.2. The third-order valence-corrected chi connectivity index (χ3v) is 3.59. The zero-order chi connectivity index (χ0) is 10.5. The fourth-order valence-electron chi connectivity index (χ4n) is 2.58. The van der Waals surface area contributed by atoms with Gasteiger partial charge in [0.15, 0.2) is 0 Å². The third-order valence-electron chi connectivity index (χ3n) is 3.59. The molecule has 1 aliphatic carbocycles. The average molecular weight is 213 g/mol. The molecule has 0 aromatic rings. The second-order valence-corrected chi connectivity index (χ2v) is 4.87. The first kappa shape index (κ1) is 11.4. The summed E-state index contributed by atoms with van der Waals surface area (Å²) in [7, 11) is 0. The van der Waals surface area contributed by atoms with Gasteiger partial charge in [0.25, 0.3) is 0 Å². The second kappa shape index (κ2) is 5.83. The van der Waals surface area contributed by atoms with E-state index in [2.05, 4.69) is 5.32 Å². The van der Waals surface area contributed by atoms with Crippen molar-refractivity contribution in [1.82, 2.24) is 5.32 Å². The number of hydrogen-bond acceptors (Lipinski definition) is 3. The molecule has 2 N–H and O–H groups in total. The zero-order valence-corrected chi connectivity index (χ0v) is 9.45. The molecule has 1 heterocycles. The van der Waals surface area contributed by atoms with Crippen molar-refractivity contribution in [3.63, 3.8) is 0 Å². The van der Waals surface area contributed by atoms with Crippen LogP contribution in [0.15, 0.2) is 0 Å². The molecule has 2 fully saturated rings. The average Bonchev–Trinajstić information content (AvgIpc) is 2.29. The van der Waals surface area contributed by atoms with E-state index in [1.165, 1.54) is 25.7 Å². The fraction of sp³-hybridized carbons (Fsp3) is 1.00. The fourth-order valence-corrected chi connectivity index (χ4v) is 2.58. The van der Waals surface area contributed by atoms with Crippen molar-refractivity contribution in [3.05, 3.63) is 0 Å². The van der Waals surface area contributed by atoms with Gasteiger partial charge in [-0.3, -0.25) is 0 Å². The van der Waals surface area contributed by atoms with Gasteiger partial charge in [0.2, 0.25) is 0 Å². The quantitative estimate of drug-likeness (QED) is 0.745. The van der Waals surface area contributed by atoms with Crippen LogP contribution in [0.5, 0.6) is 0 Å². The van der Waals surface area contributed by atoms with Crippen LogP contribution < -0.4 is 5.32 Å². The lowest BCUT2D eigenvalue weighted by Crippen LogP contribution is -2.41. The van der Waals surface area contributed by atoms with Gasteiger partial charge < -0.3 is 15.2 Å². The highest BCUT2D eigenvalue weighted by Gasteiger charge is 2.24. The van der Waals surface area contributed by atoms with Gasteiger partial charge in [0.05, 0.1) is 18.8 Å². The summed E-state index contributed by atoms with van der Waals surface area (Å²) in [6.07, 6.45) is 8.03. The molecular weight excluding hydrogens is 190 g/mol. The molecular formula is C12H23NO2. The molecule has 0 spiro atoms. The monoisotopic (exact) mass is 213 g/mol. The van der Waals surface area contributed by atoms with E-state index in [9.17, 15) is 5.11 Å². The van der Waals surface area contributed by atoms with Gasteiger partial charge >= 0.3 is 0 Å². The topological polar surface area (TPSA) is 41.5 Å². The lowest BCUT2D eigenvalue weighted by molar-refractivity contribution is -0.0659. The van der Waals surface area contributed by atoms with Crippen LogP contribution in [0.4, 0.5) is 0 Å². The van der Waals surface area contributed by atoms with E-state index in [0.29, 0.717) is 6.04 Å². The lowest BCUT2D eigenvalue weighted by Gasteiger charge is -2.30. The van der Waals surface area contributed by atoms with Crippen molar-refractivity contribution in [3.8, 4) is 0 Å². The summed E-state index contributed by atoms with van der Waals surface area (Å²) in [6.45, 7) is 1.91. The van der Waals surface area contributed by atoms with Crippen molar-refractivity contribution in [2.45, 2.75) is 63.2 Å². The number of hydrogen-bond donors (Lipinski definition) is 2. The Balaban J connectivity index is 1.67. The van der Waals surface area contributed by atoms with Crippen molar-refractivity contribution in [2.24, 2.45) is 0 Å². The molecule has 0 aromatic heterocycles. The number of rotatable bonds is 3. The predicted octanol–water partition coefficient (Wildman–Crippen LogP) is 1.45. The second-order valence-electron chi connectivity index (χ2n) is 4.87. The first-order chi connectivity index (χ1) is 7.36. The van der Waals surface area contributed by atoms with Crippen LogP contribution in [-0.2, 0) is 4.74 Å². The molecule has 2 rings (SSSR count). The zero-order valence-electron chi connectivity index (χ0n) is 9.45. The van der Waals surface area contributed by atoms with Crippen molar-refractivity contribution in [1.29, 1.82) is 0 Å². The summed E-state index contributed by atoms with van der Waals surface area (Å²) in [4.78, 5) is 0. The molecule has 1 saturated heterocycles. The Morgan fingerprint density at radius 3 is 2.60 bits per heavy atom. The Bertz CT molecular complexity index is 180. The largest absolute Gasteiger partial charge is 0.390 e. The van der Waals surface area contributed by atoms with Gasteiger partial charge in [-0.05, 0) is 32.2 Å². The van der Waals surface area contributed by atoms with E-state index in [4.69, 9.17) is 4.74 Å². The minimum atomic E-state index is -0.220. The molecule has 0 amide bonds. The van der Waals surface area contributed by atoms with Crippen molar-refractivity contribution >= 4 is 0 Å². The van der Waals surface area contributed by atoms with Gasteiger partial charge in [-0.1, -0.05) is 19.3 Å². The van der Waals surface area contributed by atoms with E-state index in [0.717, 1.165) is 32.4 Å². The van der Waals surface area contributed by atoms with Gasteiger partial charge in [-0.2, -0.15) is 0 Å². The van der Waals surface area contributed by atoms with Crippen LogP contribution in [-0.4, -0.2) is 36.5 Å². The molecule has 3 atom stereocenters. The number of piperidine rings is 1. The van der Waals surface area contributed by atoms with Crippen molar-refractivity contribution in [2.75, 3.05) is 13.2 Å². The number of nitrogens with one attached hydrogen (secondary N) is 1. The number of aliphatic hydroxyl groups excluding tert-OH is 1. The van der Waals surface area contributed by atoms with Crippen LogP contribution in [0.2, 0.25) is 0 Å². The Kier molecular flexibility index (Phi) is 4.42. The molecule has 3 nitrogen and oxygen atoms in total. The van der Waals surface area contributed by atoms with Crippen LogP contribution in [0.1, 0.15) is 44.9 Å². The minimum Gasteiger partial charge on any atom is -0.390 e. The Morgan fingerprint density at radius 2 is 1.87 bits per heavy atom. The number of ether oxygens (including phenoxy) is 1. The SMILES string of the molecule is OC1CCCCC1OCC1CCCCN1. The summed E-state index contributed by atoms with van der Waals surface area (Å²) in [6, 6.07) is 0.521. The molecule has 3 heteroatoms. The maximum absolute atomic E-state index is 9.75. The first-order valence-electron chi connectivity index (χ1n) is 6.39. The van der Waals surface area contributed by atoms with Crippen LogP contribution >= 0.6 is 0 Å². The molecule has 0 bridgehead atoms. The van der Waals surface area contributed by atoms with E-state index >= 15 is 0 Å². The molecule has 1 aliphatic heterocycles. The van der Waals surface area contributed by atoms with Crippen LogP contribution in [0.25, 0.3) is 0 Å². The van der Waals surface area contributed by atoms with Gasteiger partial charge in [-0.25, -0.2) is 0 Å². The summed E-state index contributed by atoms with van der Waals surface area (Å²) >= 11 is 0. The Morgan fingerprint density at radius 1 is 1.07 bits per heavy atom. The highest BCUT2D eigenvalue weighted by molar-refractivity contribution is 4.77. The standard InChI is InChI=1S/C12H23NO2/c14-11-6-1-2-7-12(11)15-9-10-5-3-4-8-13-10/h10-14H,1-9H2. The number of aliphatic hydroxyl groups is 1. The normalized spacial score (nSPS) is 37.8. The summed E-state index contributed by atoms with van der Waals surface area (Å²) in [5.41, 5.74) is 0. The Labute approximate surface area is 92.2 Å². The molecule has 15 heavy (non-hydrogen) atoms. The third kappa shape index (κ3) is 3.44. The molecule has 0 aromatic carbocycles. The van der Waals surface area contributed by atoms with Crippen molar-refractivity contribution < 1.29 is 9.84 Å². The maximum Gasteiger partial charge on any atom is 0.0834 e. The van der Waals surface area contributed by atoms with E-state index in [-0.39, 0.29) is 12.2 Å². The van der Waals surface area contributed by atoms with Crippen LogP contribution in [0.3, 0.4) is 0 Å². The van der Waals surface area contributed by atoms with Gasteiger partial charge in [-0.15, -0.1) is 0 Å². The molecule has 3 unspecified atom stereocenters. The summed E-state index contributed by atoms with van der Waals surface area (Å²) < 4.78 is 5.82. The maximum atomic E-state index is 9.75. The van der Waals surface area contributed by atoms with Crippen LogP contribution in [0, 0.1) is 0 Å². The van der Waals surface area contributed by atoms with E-state index < -0.39 is 0 Å². The highest BCUT2D eigenvalue weighted by Crippen LogP contribution is 2.21. The van der Waals surface area contributed by atoms with E-state index in [1.807, 2.05) is 0 Å². The molecule has 88 valence electrons. The lowest BCUT2D eigenvalue weighted by atomic mass is 9.95. The highest BCUT2D eigenvalue weighted by atomic mass is 16.5.